The number of aromatic nitrogens is 3. The van der Waals surface area contributed by atoms with Gasteiger partial charge in [0.1, 0.15) is 11.6 Å². The summed E-state index contributed by atoms with van der Waals surface area (Å²) >= 11 is 0. The van der Waals surface area contributed by atoms with Gasteiger partial charge in [-0.05, 0) is 49.2 Å². The molecule has 3 aromatic rings. The van der Waals surface area contributed by atoms with E-state index >= 15 is 0 Å². The molecule has 3 heterocycles. The molecule has 144 valence electrons. The second-order valence-corrected chi connectivity index (χ2v) is 6.60. The van der Waals surface area contributed by atoms with Crippen LogP contribution in [0.5, 0.6) is 11.6 Å². The van der Waals surface area contributed by atoms with Crippen LogP contribution in [0, 0.1) is 0 Å². The highest BCUT2D eigenvalue weighted by molar-refractivity contribution is 5.57. The minimum atomic E-state index is 0.300. The van der Waals surface area contributed by atoms with Gasteiger partial charge in [-0.25, -0.2) is 15.0 Å². The molecule has 1 aromatic carbocycles. The molecule has 1 atom stereocenters. The van der Waals surface area contributed by atoms with Gasteiger partial charge in [-0.1, -0.05) is 6.07 Å². The Hall–Kier alpha value is -3.19. The molecular weight excluding hydrogens is 354 g/mol. The fourth-order valence-electron chi connectivity index (χ4n) is 3.37. The lowest BCUT2D eigenvalue weighted by Gasteiger charge is -2.26. The van der Waals surface area contributed by atoms with Crippen molar-refractivity contribution < 1.29 is 9.47 Å². The van der Waals surface area contributed by atoms with Gasteiger partial charge < -0.3 is 19.7 Å². The topological polar surface area (TPSA) is 72.4 Å². The number of methoxy groups -OCH3 is 1. The molecule has 0 bridgehead atoms. The molecule has 7 heteroatoms. The van der Waals surface area contributed by atoms with Crippen LogP contribution in [-0.2, 0) is 4.74 Å². The van der Waals surface area contributed by atoms with E-state index in [1.54, 1.807) is 25.7 Å². The van der Waals surface area contributed by atoms with E-state index in [-0.39, 0.29) is 0 Å². The van der Waals surface area contributed by atoms with Gasteiger partial charge in [-0.3, -0.25) is 0 Å². The molecule has 0 spiro atoms. The molecule has 0 saturated carbocycles. The quantitative estimate of drug-likeness (QED) is 0.666. The van der Waals surface area contributed by atoms with Gasteiger partial charge in [0.05, 0.1) is 12.6 Å². The second kappa shape index (κ2) is 8.67. The Morgan fingerprint density at radius 2 is 1.89 bits per heavy atom. The number of pyridine rings is 1. The Bertz CT molecular complexity index is 889. The number of anilines is 3. The van der Waals surface area contributed by atoms with Crippen LogP contribution in [0.2, 0.25) is 0 Å². The van der Waals surface area contributed by atoms with Crippen LogP contribution < -0.4 is 15.0 Å². The maximum atomic E-state index is 6.05. The minimum absolute atomic E-state index is 0.300. The van der Waals surface area contributed by atoms with Gasteiger partial charge in [-0.15, -0.1) is 0 Å². The third-order valence-corrected chi connectivity index (χ3v) is 4.66. The van der Waals surface area contributed by atoms with Crippen LogP contribution in [0.1, 0.15) is 12.8 Å². The summed E-state index contributed by atoms with van der Waals surface area (Å²) in [6.07, 6.45) is 7.29. The van der Waals surface area contributed by atoms with E-state index in [1.165, 1.54) is 0 Å². The van der Waals surface area contributed by atoms with Crippen molar-refractivity contribution in [2.45, 2.75) is 18.9 Å². The van der Waals surface area contributed by atoms with Crippen LogP contribution in [0.3, 0.4) is 0 Å². The summed E-state index contributed by atoms with van der Waals surface area (Å²) in [5, 5.41) is 3.25. The van der Waals surface area contributed by atoms with Gasteiger partial charge >= 0.3 is 0 Å². The smallest absolute Gasteiger partial charge is 0.263 e. The van der Waals surface area contributed by atoms with Crippen LogP contribution in [0.25, 0.3) is 0 Å². The first-order chi connectivity index (χ1) is 13.8. The zero-order valence-electron chi connectivity index (χ0n) is 15.8. The maximum absolute atomic E-state index is 6.05. The predicted octanol–water partition coefficient (Wildman–Crippen LogP) is 4.02. The number of benzene rings is 1. The molecule has 0 radical (unpaired) electrons. The van der Waals surface area contributed by atoms with Crippen molar-refractivity contribution in [3.8, 4) is 11.6 Å². The van der Waals surface area contributed by atoms with E-state index in [0.717, 1.165) is 36.7 Å². The number of nitrogens with zero attached hydrogens (tertiary/aromatic N) is 4. The zero-order chi connectivity index (χ0) is 19.2. The van der Waals surface area contributed by atoms with E-state index < -0.39 is 0 Å². The fraction of sp³-hybridized carbons (Fsp3) is 0.286. The molecule has 4 rings (SSSR count). The average molecular weight is 377 g/mol. The lowest BCUT2D eigenvalue weighted by atomic mass is 10.2. The maximum Gasteiger partial charge on any atom is 0.263 e. The molecule has 28 heavy (non-hydrogen) atoms. The number of hydrogen-bond donors (Lipinski definition) is 1. The Morgan fingerprint density at radius 1 is 1.04 bits per heavy atom. The Labute approximate surface area is 164 Å². The number of hydrogen-bond acceptors (Lipinski definition) is 7. The first kappa shape index (κ1) is 18.2. The highest BCUT2D eigenvalue weighted by Gasteiger charge is 2.28. The van der Waals surface area contributed by atoms with Crippen molar-refractivity contribution in [2.24, 2.45) is 0 Å². The van der Waals surface area contributed by atoms with Crippen molar-refractivity contribution >= 4 is 17.3 Å². The summed E-state index contributed by atoms with van der Waals surface area (Å²) in [4.78, 5) is 15.4. The average Bonchev–Trinajstić information content (AvgIpc) is 3.19. The van der Waals surface area contributed by atoms with E-state index in [4.69, 9.17) is 9.47 Å². The molecule has 2 aromatic heterocycles. The van der Waals surface area contributed by atoms with Crippen molar-refractivity contribution in [1.82, 2.24) is 15.0 Å². The highest BCUT2D eigenvalue weighted by Crippen LogP contribution is 2.33. The molecule has 1 saturated heterocycles. The normalized spacial score (nSPS) is 16.2. The number of nitrogens with one attached hydrogen (secondary N) is 1. The third kappa shape index (κ3) is 4.20. The molecule has 1 N–H and O–H groups in total. The number of rotatable bonds is 7. The first-order valence-electron chi connectivity index (χ1n) is 9.36. The molecule has 0 unspecified atom stereocenters. The van der Waals surface area contributed by atoms with Gasteiger partial charge in [0.25, 0.3) is 5.88 Å². The van der Waals surface area contributed by atoms with Crippen molar-refractivity contribution in [1.29, 1.82) is 0 Å². The Kier molecular flexibility index (Phi) is 5.63. The Balaban J connectivity index is 1.49. The number of ether oxygens (including phenoxy) is 2. The highest BCUT2D eigenvalue weighted by atomic mass is 16.5. The van der Waals surface area contributed by atoms with Crippen LogP contribution in [0.4, 0.5) is 17.3 Å². The summed E-state index contributed by atoms with van der Waals surface area (Å²) in [5.41, 5.74) is 0.935. The summed E-state index contributed by atoms with van der Waals surface area (Å²) in [6, 6.07) is 13.8. The summed E-state index contributed by atoms with van der Waals surface area (Å²) in [5.74, 6) is 2.77. The largest absolute Gasteiger partial charge is 0.436 e. The minimum Gasteiger partial charge on any atom is -0.436 e. The zero-order valence-corrected chi connectivity index (χ0v) is 15.8. The van der Waals surface area contributed by atoms with Crippen molar-refractivity contribution in [3.63, 3.8) is 0 Å². The molecule has 0 aliphatic carbocycles. The van der Waals surface area contributed by atoms with E-state index in [9.17, 15) is 0 Å². The summed E-state index contributed by atoms with van der Waals surface area (Å²) < 4.78 is 11.4. The lowest BCUT2D eigenvalue weighted by molar-refractivity contribution is 0.180. The van der Waals surface area contributed by atoms with Gasteiger partial charge in [0.15, 0.2) is 5.82 Å². The second-order valence-electron chi connectivity index (χ2n) is 6.60. The van der Waals surface area contributed by atoms with Gasteiger partial charge in [0, 0.05) is 37.9 Å². The standard InChI is InChI=1S/C21H23N5O2/c1-27-15-17-5-4-14-26(17)20-21(24-13-12-23-20)28-18-9-7-16(8-10-18)25-19-6-2-3-11-22-19/h2-3,6-13,17H,4-5,14-15H2,1H3,(H,22,25)/t17-/m0/s1. The lowest BCUT2D eigenvalue weighted by Crippen LogP contribution is -2.33. The molecule has 1 aliphatic rings. The fourth-order valence-corrected chi connectivity index (χ4v) is 3.37. The van der Waals surface area contributed by atoms with Crippen LogP contribution in [0.15, 0.2) is 61.1 Å². The predicted molar refractivity (Wildman–Crippen MR) is 108 cm³/mol. The molecule has 7 nitrogen and oxygen atoms in total. The molecule has 1 aliphatic heterocycles. The van der Waals surface area contributed by atoms with Gasteiger partial charge in [0.2, 0.25) is 0 Å². The van der Waals surface area contributed by atoms with Crippen LogP contribution >= 0.6 is 0 Å². The Morgan fingerprint density at radius 3 is 2.68 bits per heavy atom. The molecule has 0 amide bonds. The molecular formula is C21H23N5O2. The first-order valence-corrected chi connectivity index (χ1v) is 9.36. The monoisotopic (exact) mass is 377 g/mol. The SMILES string of the molecule is COC[C@@H]1CCCN1c1nccnc1Oc1ccc(Nc2ccccn2)cc1. The van der Waals surface area contributed by atoms with E-state index in [1.807, 2.05) is 42.5 Å². The van der Waals surface area contributed by atoms with Gasteiger partial charge in [-0.2, -0.15) is 0 Å². The van der Waals surface area contributed by atoms with Crippen molar-refractivity contribution in [2.75, 3.05) is 30.5 Å². The van der Waals surface area contributed by atoms with Crippen molar-refractivity contribution in [3.05, 3.63) is 61.1 Å². The summed E-state index contributed by atoms with van der Waals surface area (Å²) in [6.45, 7) is 1.60. The van der Waals surface area contributed by atoms with Crippen LogP contribution in [-0.4, -0.2) is 41.3 Å². The van der Waals surface area contributed by atoms with E-state index in [2.05, 4.69) is 25.2 Å². The summed E-state index contributed by atoms with van der Waals surface area (Å²) in [7, 11) is 1.73. The third-order valence-electron chi connectivity index (χ3n) is 4.66. The molecule has 1 fully saturated rings. The van der Waals surface area contributed by atoms with E-state index in [0.29, 0.717) is 24.3 Å².